The van der Waals surface area contributed by atoms with Crippen molar-refractivity contribution in [3.8, 4) is 0 Å². The summed E-state index contributed by atoms with van der Waals surface area (Å²) in [6.07, 6.45) is 10.7. The van der Waals surface area contributed by atoms with Gasteiger partial charge in [0.2, 0.25) is 0 Å². The Morgan fingerprint density at radius 3 is 2.62 bits per heavy atom. The van der Waals surface area contributed by atoms with Gasteiger partial charge in [0.05, 0.1) is 11.9 Å². The Hall–Kier alpha value is -2.41. The van der Waals surface area contributed by atoms with Crippen LogP contribution in [0.5, 0.6) is 0 Å². The van der Waals surface area contributed by atoms with Gasteiger partial charge in [0, 0.05) is 25.5 Å². The molecule has 2 N–H and O–H groups in total. The van der Waals surface area contributed by atoms with Crippen molar-refractivity contribution in [2.75, 3.05) is 36.4 Å². The van der Waals surface area contributed by atoms with Gasteiger partial charge in [-0.25, -0.2) is 4.98 Å². The summed E-state index contributed by atoms with van der Waals surface area (Å²) in [7, 11) is 0. The molecule has 2 saturated heterocycles. The molecule has 0 saturated carbocycles. The van der Waals surface area contributed by atoms with Crippen molar-refractivity contribution >= 4 is 17.4 Å². The Balaban J connectivity index is 1.49. The van der Waals surface area contributed by atoms with Gasteiger partial charge in [-0.05, 0) is 63.4 Å². The molecule has 0 aliphatic carbocycles. The Labute approximate surface area is 153 Å². The fraction of sp³-hybridized carbons (Fsp3) is 0.526. The van der Waals surface area contributed by atoms with Crippen LogP contribution in [0.2, 0.25) is 0 Å². The molecule has 26 heavy (non-hydrogen) atoms. The van der Waals surface area contributed by atoms with Crippen LogP contribution in [0, 0.1) is 0 Å². The Kier molecular flexibility index (Phi) is 4.88. The molecule has 0 radical (unpaired) electrons. The van der Waals surface area contributed by atoms with Gasteiger partial charge in [0.25, 0.3) is 5.91 Å². The largest absolute Gasteiger partial charge is 0.370 e. The number of rotatable bonds is 4. The van der Waals surface area contributed by atoms with Crippen molar-refractivity contribution < 1.29 is 4.79 Å². The van der Waals surface area contributed by atoms with Crippen LogP contribution in [0.25, 0.3) is 0 Å². The number of hydrogen-bond donors (Lipinski definition) is 2. The SMILES string of the molecule is O=C(Nc1ccc(N2CCCCC2)cn1)C1(n2cccn2)CCNCC1. The van der Waals surface area contributed by atoms with Gasteiger partial charge in [-0.15, -0.1) is 0 Å². The van der Waals surface area contributed by atoms with Gasteiger partial charge < -0.3 is 15.5 Å². The summed E-state index contributed by atoms with van der Waals surface area (Å²) in [5.74, 6) is 0.557. The molecular formula is C19H26N6O. The van der Waals surface area contributed by atoms with E-state index in [2.05, 4.69) is 31.7 Å². The fourth-order valence-corrected chi connectivity index (χ4v) is 3.95. The topological polar surface area (TPSA) is 75.1 Å². The van der Waals surface area contributed by atoms with Crippen molar-refractivity contribution in [2.24, 2.45) is 0 Å². The molecule has 7 heteroatoms. The third-order valence-electron chi connectivity index (χ3n) is 5.51. The molecule has 0 spiro atoms. The van der Waals surface area contributed by atoms with Crippen molar-refractivity contribution in [3.05, 3.63) is 36.8 Å². The summed E-state index contributed by atoms with van der Waals surface area (Å²) < 4.78 is 1.80. The van der Waals surface area contributed by atoms with Gasteiger partial charge in [-0.3, -0.25) is 9.48 Å². The average molecular weight is 354 g/mol. The monoisotopic (exact) mass is 354 g/mol. The van der Waals surface area contributed by atoms with E-state index >= 15 is 0 Å². The number of nitrogens with one attached hydrogen (secondary N) is 2. The summed E-state index contributed by atoms with van der Waals surface area (Å²) in [6.45, 7) is 3.77. The molecule has 0 bridgehead atoms. The third-order valence-corrected chi connectivity index (χ3v) is 5.51. The second kappa shape index (κ2) is 7.45. The first-order valence-corrected chi connectivity index (χ1v) is 9.51. The smallest absolute Gasteiger partial charge is 0.253 e. The highest BCUT2D eigenvalue weighted by molar-refractivity contribution is 5.96. The molecule has 0 aromatic carbocycles. The summed E-state index contributed by atoms with van der Waals surface area (Å²) in [6, 6.07) is 5.82. The first kappa shape index (κ1) is 17.0. The molecule has 138 valence electrons. The number of amides is 1. The highest BCUT2D eigenvalue weighted by atomic mass is 16.2. The van der Waals surface area contributed by atoms with Gasteiger partial charge in [-0.1, -0.05) is 0 Å². The van der Waals surface area contributed by atoms with E-state index < -0.39 is 5.54 Å². The van der Waals surface area contributed by atoms with Crippen LogP contribution in [0.1, 0.15) is 32.1 Å². The zero-order valence-electron chi connectivity index (χ0n) is 15.0. The van der Waals surface area contributed by atoms with Crippen LogP contribution < -0.4 is 15.5 Å². The molecule has 2 aliphatic rings. The van der Waals surface area contributed by atoms with Gasteiger partial charge in [0.15, 0.2) is 0 Å². The summed E-state index contributed by atoms with van der Waals surface area (Å²) >= 11 is 0. The number of carbonyl (C=O) groups excluding carboxylic acids is 1. The molecule has 2 aromatic rings. The van der Waals surface area contributed by atoms with Crippen LogP contribution in [0.3, 0.4) is 0 Å². The first-order chi connectivity index (χ1) is 12.8. The normalized spacial score (nSPS) is 19.9. The van der Waals surface area contributed by atoms with Crippen molar-refractivity contribution in [1.82, 2.24) is 20.1 Å². The zero-order chi connectivity index (χ0) is 17.8. The molecule has 0 unspecified atom stereocenters. The summed E-state index contributed by atoms with van der Waals surface area (Å²) in [5.41, 5.74) is 0.480. The molecule has 4 heterocycles. The van der Waals surface area contributed by atoms with E-state index in [9.17, 15) is 4.79 Å². The first-order valence-electron chi connectivity index (χ1n) is 9.51. The summed E-state index contributed by atoms with van der Waals surface area (Å²) in [4.78, 5) is 20.0. The zero-order valence-corrected chi connectivity index (χ0v) is 15.0. The molecule has 7 nitrogen and oxygen atoms in total. The predicted octanol–water partition coefficient (Wildman–Crippen LogP) is 1.99. The number of anilines is 2. The summed E-state index contributed by atoms with van der Waals surface area (Å²) in [5, 5.41) is 10.7. The minimum absolute atomic E-state index is 0.0408. The Morgan fingerprint density at radius 2 is 1.96 bits per heavy atom. The number of nitrogens with zero attached hydrogens (tertiary/aromatic N) is 4. The fourth-order valence-electron chi connectivity index (χ4n) is 3.95. The van der Waals surface area contributed by atoms with Crippen molar-refractivity contribution in [3.63, 3.8) is 0 Å². The van der Waals surface area contributed by atoms with Gasteiger partial charge >= 0.3 is 0 Å². The highest BCUT2D eigenvalue weighted by Crippen LogP contribution is 2.29. The lowest BCUT2D eigenvalue weighted by Crippen LogP contribution is -2.52. The number of pyridine rings is 1. The third kappa shape index (κ3) is 3.31. The molecular weight excluding hydrogens is 328 g/mol. The van der Waals surface area contributed by atoms with E-state index in [1.165, 1.54) is 19.3 Å². The molecule has 4 rings (SSSR count). The average Bonchev–Trinajstić information content (AvgIpc) is 3.25. The predicted molar refractivity (Wildman–Crippen MR) is 101 cm³/mol. The van der Waals surface area contributed by atoms with Crippen LogP contribution in [0.15, 0.2) is 36.8 Å². The number of carbonyl (C=O) groups is 1. The standard InChI is InChI=1S/C19H26N6O/c26-18(19(7-10-20-11-8-19)25-14-4-9-22-25)23-17-6-5-16(15-21-17)24-12-2-1-3-13-24/h4-6,9,14-15,20H,1-3,7-8,10-13H2,(H,21,23,26). The molecule has 0 atom stereocenters. The number of hydrogen-bond acceptors (Lipinski definition) is 5. The maximum Gasteiger partial charge on any atom is 0.253 e. The van der Waals surface area contributed by atoms with E-state index in [4.69, 9.17) is 0 Å². The second-order valence-corrected chi connectivity index (χ2v) is 7.14. The van der Waals surface area contributed by atoms with E-state index in [0.29, 0.717) is 18.7 Å². The lowest BCUT2D eigenvalue weighted by atomic mass is 9.87. The van der Waals surface area contributed by atoms with Gasteiger partial charge in [-0.2, -0.15) is 5.10 Å². The maximum atomic E-state index is 13.1. The van der Waals surface area contributed by atoms with Crippen LogP contribution in [-0.2, 0) is 10.3 Å². The number of aromatic nitrogens is 3. The Bertz CT molecular complexity index is 715. The minimum atomic E-state index is -0.651. The molecule has 2 aliphatic heterocycles. The van der Waals surface area contributed by atoms with Crippen LogP contribution >= 0.6 is 0 Å². The lowest BCUT2D eigenvalue weighted by molar-refractivity contribution is -0.126. The quantitative estimate of drug-likeness (QED) is 0.878. The van der Waals surface area contributed by atoms with E-state index in [1.54, 1.807) is 10.9 Å². The van der Waals surface area contributed by atoms with Crippen LogP contribution in [0.4, 0.5) is 11.5 Å². The lowest BCUT2D eigenvalue weighted by Gasteiger charge is -2.36. The van der Waals surface area contributed by atoms with Crippen molar-refractivity contribution in [2.45, 2.75) is 37.6 Å². The molecule has 1 amide bonds. The molecule has 2 aromatic heterocycles. The van der Waals surface area contributed by atoms with Crippen molar-refractivity contribution in [1.29, 1.82) is 0 Å². The van der Waals surface area contributed by atoms with Crippen LogP contribution in [-0.4, -0.2) is 46.9 Å². The van der Waals surface area contributed by atoms with Gasteiger partial charge in [0.1, 0.15) is 11.4 Å². The van der Waals surface area contributed by atoms with E-state index in [1.807, 2.05) is 24.5 Å². The van der Waals surface area contributed by atoms with E-state index in [-0.39, 0.29) is 5.91 Å². The highest BCUT2D eigenvalue weighted by Gasteiger charge is 2.42. The number of piperidine rings is 2. The Morgan fingerprint density at radius 1 is 1.15 bits per heavy atom. The second-order valence-electron chi connectivity index (χ2n) is 7.14. The maximum absolute atomic E-state index is 13.1. The van der Waals surface area contributed by atoms with E-state index in [0.717, 1.165) is 31.9 Å². The minimum Gasteiger partial charge on any atom is -0.370 e. The molecule has 2 fully saturated rings.